The lowest BCUT2D eigenvalue weighted by molar-refractivity contribution is 0.621. The van der Waals surface area contributed by atoms with Gasteiger partial charge in [-0.15, -0.1) is 34.4 Å². The maximum Gasteiger partial charge on any atom is 0.0596 e. The first-order valence-corrected chi connectivity index (χ1v) is 10.5. The SMILES string of the molecule is C1=CCC(C2Cc3sc4cc(-c5ccccc5)sc4c3S2)C=C1. The Morgan fingerprint density at radius 1 is 1.00 bits per heavy atom. The lowest BCUT2D eigenvalue weighted by atomic mass is 9.95. The monoisotopic (exact) mass is 352 g/mol. The highest BCUT2D eigenvalue weighted by molar-refractivity contribution is 8.00. The van der Waals surface area contributed by atoms with Crippen LogP contribution in [0.1, 0.15) is 11.3 Å². The summed E-state index contributed by atoms with van der Waals surface area (Å²) in [4.78, 5) is 4.59. The van der Waals surface area contributed by atoms with Crippen LogP contribution >= 0.6 is 34.4 Å². The number of rotatable bonds is 2. The molecule has 1 aliphatic heterocycles. The molecule has 2 aliphatic rings. The Labute approximate surface area is 148 Å². The molecule has 0 amide bonds. The van der Waals surface area contributed by atoms with E-state index in [1.807, 2.05) is 22.7 Å². The predicted octanol–water partition coefficient (Wildman–Crippen LogP) is 6.78. The molecule has 0 spiro atoms. The summed E-state index contributed by atoms with van der Waals surface area (Å²) < 4.78 is 3.00. The average molecular weight is 353 g/mol. The minimum absolute atomic E-state index is 0.702. The van der Waals surface area contributed by atoms with Crippen molar-refractivity contribution < 1.29 is 0 Å². The summed E-state index contributed by atoms with van der Waals surface area (Å²) in [6, 6.07) is 13.2. The lowest BCUT2D eigenvalue weighted by Gasteiger charge is -2.19. The molecule has 2 aromatic heterocycles. The molecule has 3 aromatic rings. The predicted molar refractivity (Wildman–Crippen MR) is 105 cm³/mol. The van der Waals surface area contributed by atoms with Crippen LogP contribution in [0.4, 0.5) is 0 Å². The third kappa shape index (κ3) is 2.42. The largest absolute Gasteiger partial charge is 0.138 e. The maximum atomic E-state index is 2.40. The zero-order valence-corrected chi connectivity index (χ0v) is 15.0. The van der Waals surface area contributed by atoms with E-state index in [1.165, 1.54) is 32.7 Å². The number of allylic oxidation sites excluding steroid dienone is 4. The van der Waals surface area contributed by atoms with Crippen molar-refractivity contribution in [2.45, 2.75) is 23.0 Å². The first kappa shape index (κ1) is 14.1. The van der Waals surface area contributed by atoms with E-state index in [0.717, 1.165) is 5.25 Å². The quantitative estimate of drug-likeness (QED) is 0.490. The zero-order chi connectivity index (χ0) is 15.2. The van der Waals surface area contributed by atoms with Crippen molar-refractivity contribution in [3.63, 3.8) is 0 Å². The Morgan fingerprint density at radius 3 is 2.74 bits per heavy atom. The standard InChI is InChI=1S/C20H16S3/c1-3-7-13(8-4-1)15-11-17-19(22-15)20-18(21-17)12-16(23-20)14-9-5-2-6-10-14/h1-9,11,14,16H,10,12H2. The van der Waals surface area contributed by atoms with Crippen LogP contribution in [0, 0.1) is 5.92 Å². The summed E-state index contributed by atoms with van der Waals surface area (Å²) in [6.07, 6.45) is 11.5. The van der Waals surface area contributed by atoms with E-state index in [1.54, 1.807) is 9.77 Å². The van der Waals surface area contributed by atoms with Crippen LogP contribution in [0.2, 0.25) is 0 Å². The molecule has 2 atom stereocenters. The normalized spacial score (nSPS) is 22.8. The number of thioether (sulfide) groups is 1. The van der Waals surface area contributed by atoms with Gasteiger partial charge in [-0.25, -0.2) is 0 Å². The number of benzene rings is 1. The topological polar surface area (TPSA) is 0 Å². The number of hydrogen-bond acceptors (Lipinski definition) is 3. The third-order valence-corrected chi connectivity index (χ3v) is 8.85. The number of fused-ring (bicyclic) bond motifs is 3. The second kappa shape index (κ2) is 5.66. The van der Waals surface area contributed by atoms with Gasteiger partial charge in [-0.05, 0) is 30.4 Å². The van der Waals surface area contributed by atoms with Gasteiger partial charge in [0.2, 0.25) is 0 Å². The van der Waals surface area contributed by atoms with E-state index in [9.17, 15) is 0 Å². The zero-order valence-electron chi connectivity index (χ0n) is 12.6. The Balaban J connectivity index is 1.48. The molecule has 0 saturated heterocycles. The van der Waals surface area contributed by atoms with Crippen LogP contribution in [-0.4, -0.2) is 5.25 Å². The van der Waals surface area contributed by atoms with Crippen molar-refractivity contribution >= 4 is 43.8 Å². The summed E-state index contributed by atoms with van der Waals surface area (Å²) in [5.74, 6) is 0.702. The number of thiophene rings is 2. The van der Waals surface area contributed by atoms with E-state index in [-0.39, 0.29) is 0 Å². The van der Waals surface area contributed by atoms with Crippen molar-refractivity contribution in [1.29, 1.82) is 0 Å². The van der Waals surface area contributed by atoms with E-state index in [4.69, 9.17) is 0 Å². The van der Waals surface area contributed by atoms with Gasteiger partial charge in [0.05, 0.1) is 4.70 Å². The minimum atomic E-state index is 0.702. The van der Waals surface area contributed by atoms with Gasteiger partial charge in [-0.1, -0.05) is 54.6 Å². The summed E-state index contributed by atoms with van der Waals surface area (Å²) >= 11 is 6.11. The van der Waals surface area contributed by atoms with Gasteiger partial charge in [0.15, 0.2) is 0 Å². The molecule has 23 heavy (non-hydrogen) atoms. The molecule has 2 unspecified atom stereocenters. The van der Waals surface area contributed by atoms with Gasteiger partial charge in [-0.2, -0.15) is 0 Å². The molecule has 0 saturated carbocycles. The van der Waals surface area contributed by atoms with Crippen LogP contribution in [0.25, 0.3) is 19.8 Å². The fourth-order valence-corrected chi connectivity index (χ4v) is 7.98. The minimum Gasteiger partial charge on any atom is -0.138 e. The molecular weight excluding hydrogens is 336 g/mol. The summed E-state index contributed by atoms with van der Waals surface area (Å²) in [7, 11) is 0. The van der Waals surface area contributed by atoms with E-state index in [0.29, 0.717) is 5.92 Å². The van der Waals surface area contributed by atoms with E-state index < -0.39 is 0 Å². The lowest BCUT2D eigenvalue weighted by Crippen LogP contribution is -2.14. The van der Waals surface area contributed by atoms with E-state index in [2.05, 4.69) is 72.5 Å². The first-order chi connectivity index (χ1) is 11.4. The summed E-state index contributed by atoms with van der Waals surface area (Å²) in [5, 5.41) is 0.726. The number of hydrogen-bond donors (Lipinski definition) is 0. The molecule has 0 N–H and O–H groups in total. The smallest absolute Gasteiger partial charge is 0.0596 e. The maximum absolute atomic E-state index is 2.40. The molecule has 1 aromatic carbocycles. The van der Waals surface area contributed by atoms with Crippen LogP contribution in [0.3, 0.4) is 0 Å². The molecule has 0 radical (unpaired) electrons. The van der Waals surface area contributed by atoms with Crippen molar-refractivity contribution in [1.82, 2.24) is 0 Å². The van der Waals surface area contributed by atoms with Gasteiger partial charge < -0.3 is 0 Å². The Hall–Kier alpha value is -1.29. The van der Waals surface area contributed by atoms with Crippen molar-refractivity contribution in [3.05, 3.63) is 65.6 Å². The Bertz CT molecular complexity index is 911. The third-order valence-electron chi connectivity index (χ3n) is 4.60. The highest BCUT2D eigenvalue weighted by Gasteiger charge is 2.32. The Kier molecular flexibility index (Phi) is 3.47. The van der Waals surface area contributed by atoms with Crippen LogP contribution < -0.4 is 0 Å². The van der Waals surface area contributed by atoms with Crippen molar-refractivity contribution in [2.24, 2.45) is 5.92 Å². The summed E-state index contributed by atoms with van der Waals surface area (Å²) in [6.45, 7) is 0. The average Bonchev–Trinajstić information content (AvgIpc) is 3.26. The second-order valence-corrected chi connectivity index (χ2v) is 9.54. The van der Waals surface area contributed by atoms with Crippen LogP contribution in [0.5, 0.6) is 0 Å². The van der Waals surface area contributed by atoms with Gasteiger partial charge in [0.1, 0.15) is 0 Å². The molecule has 5 rings (SSSR count). The highest BCUT2D eigenvalue weighted by Crippen LogP contribution is 2.53. The first-order valence-electron chi connectivity index (χ1n) is 7.99. The van der Waals surface area contributed by atoms with Gasteiger partial charge in [-0.3, -0.25) is 0 Å². The fraction of sp³-hybridized carbons (Fsp3) is 0.200. The molecule has 114 valence electrons. The van der Waals surface area contributed by atoms with Crippen LogP contribution in [0.15, 0.2) is 65.6 Å². The van der Waals surface area contributed by atoms with Crippen LogP contribution in [-0.2, 0) is 6.42 Å². The summed E-state index contributed by atoms with van der Waals surface area (Å²) in [5.41, 5.74) is 1.34. The van der Waals surface area contributed by atoms with Gasteiger partial charge in [0, 0.05) is 24.6 Å². The molecule has 3 heterocycles. The second-order valence-electron chi connectivity index (χ2n) is 6.10. The van der Waals surface area contributed by atoms with Gasteiger partial charge in [0.25, 0.3) is 0 Å². The van der Waals surface area contributed by atoms with E-state index >= 15 is 0 Å². The molecule has 0 fully saturated rings. The molecule has 1 aliphatic carbocycles. The Morgan fingerprint density at radius 2 is 1.91 bits per heavy atom. The van der Waals surface area contributed by atoms with Gasteiger partial charge >= 0.3 is 0 Å². The highest BCUT2D eigenvalue weighted by atomic mass is 32.2. The fourth-order valence-electron chi connectivity index (χ4n) is 3.40. The van der Waals surface area contributed by atoms with Crippen molar-refractivity contribution in [2.75, 3.05) is 0 Å². The molecule has 0 nitrogen and oxygen atoms in total. The molecule has 0 bridgehead atoms. The molecular formula is C20H16S3. The van der Waals surface area contributed by atoms with Crippen molar-refractivity contribution in [3.8, 4) is 10.4 Å². The molecule has 3 heteroatoms.